The highest BCUT2D eigenvalue weighted by Gasteiger charge is 2.08. The molecule has 0 unspecified atom stereocenters. The molecular formula is C12H16N2. The molecule has 0 aliphatic rings. The molecule has 0 aliphatic heterocycles. The van der Waals surface area contributed by atoms with E-state index in [2.05, 4.69) is 42.4 Å². The first-order chi connectivity index (χ1) is 6.68. The summed E-state index contributed by atoms with van der Waals surface area (Å²) in [6.07, 6.45) is 3.13. The molecular weight excluding hydrogens is 172 g/mol. The second kappa shape index (κ2) is 3.45. The van der Waals surface area contributed by atoms with Crippen molar-refractivity contribution < 1.29 is 0 Å². The van der Waals surface area contributed by atoms with Crippen LogP contribution in [0.3, 0.4) is 0 Å². The standard InChI is InChI=1S/C12H16N2/c1-9(2)8-11-10(3)14-7-5-4-6-12(14)13-11/h4-7,9H,8H2,1-3H3. The summed E-state index contributed by atoms with van der Waals surface area (Å²) in [6.45, 7) is 6.59. The monoisotopic (exact) mass is 188 g/mol. The second-order valence-corrected chi connectivity index (χ2v) is 4.17. The third-order valence-electron chi connectivity index (χ3n) is 2.47. The number of imidazole rings is 1. The first kappa shape index (κ1) is 9.25. The normalized spacial score (nSPS) is 11.4. The third-order valence-corrected chi connectivity index (χ3v) is 2.47. The van der Waals surface area contributed by atoms with Gasteiger partial charge in [-0.3, -0.25) is 0 Å². The predicted molar refractivity (Wildman–Crippen MR) is 58.5 cm³/mol. The number of nitrogens with zero attached hydrogens (tertiary/aromatic N) is 2. The third kappa shape index (κ3) is 1.52. The van der Waals surface area contributed by atoms with Crippen LogP contribution in [-0.2, 0) is 6.42 Å². The van der Waals surface area contributed by atoms with Crippen LogP contribution in [0.1, 0.15) is 25.2 Å². The van der Waals surface area contributed by atoms with Crippen molar-refractivity contribution in [3.63, 3.8) is 0 Å². The fraction of sp³-hybridized carbons (Fsp3) is 0.417. The lowest BCUT2D eigenvalue weighted by atomic mass is 10.1. The van der Waals surface area contributed by atoms with Crippen LogP contribution < -0.4 is 0 Å². The minimum Gasteiger partial charge on any atom is -0.304 e. The molecule has 0 radical (unpaired) electrons. The van der Waals surface area contributed by atoms with E-state index in [1.54, 1.807) is 0 Å². The zero-order chi connectivity index (χ0) is 10.1. The van der Waals surface area contributed by atoms with Gasteiger partial charge in [0.2, 0.25) is 0 Å². The molecule has 0 spiro atoms. The van der Waals surface area contributed by atoms with Gasteiger partial charge in [-0.15, -0.1) is 0 Å². The first-order valence-electron chi connectivity index (χ1n) is 5.11. The molecule has 74 valence electrons. The molecule has 14 heavy (non-hydrogen) atoms. The van der Waals surface area contributed by atoms with Crippen molar-refractivity contribution in [2.75, 3.05) is 0 Å². The molecule has 0 saturated heterocycles. The quantitative estimate of drug-likeness (QED) is 0.708. The summed E-state index contributed by atoms with van der Waals surface area (Å²) in [5, 5.41) is 0. The lowest BCUT2D eigenvalue weighted by molar-refractivity contribution is 0.635. The van der Waals surface area contributed by atoms with Crippen LogP contribution in [0.25, 0.3) is 5.65 Å². The SMILES string of the molecule is Cc1c(CC(C)C)nc2ccccn12. The summed E-state index contributed by atoms with van der Waals surface area (Å²) in [4.78, 5) is 4.62. The van der Waals surface area contributed by atoms with E-state index >= 15 is 0 Å². The Hall–Kier alpha value is -1.31. The van der Waals surface area contributed by atoms with E-state index in [1.165, 1.54) is 11.4 Å². The topological polar surface area (TPSA) is 17.3 Å². The van der Waals surface area contributed by atoms with Gasteiger partial charge in [-0.1, -0.05) is 19.9 Å². The predicted octanol–water partition coefficient (Wildman–Crippen LogP) is 2.84. The molecule has 0 N–H and O–H groups in total. The summed E-state index contributed by atoms with van der Waals surface area (Å²) in [6, 6.07) is 6.12. The molecule has 2 nitrogen and oxygen atoms in total. The highest BCUT2D eigenvalue weighted by atomic mass is 15.0. The van der Waals surface area contributed by atoms with Crippen molar-refractivity contribution in [3.05, 3.63) is 35.8 Å². The highest BCUT2D eigenvalue weighted by molar-refractivity contribution is 5.42. The minimum absolute atomic E-state index is 0.665. The lowest BCUT2D eigenvalue weighted by Crippen LogP contribution is -1.96. The summed E-state index contributed by atoms with van der Waals surface area (Å²) >= 11 is 0. The van der Waals surface area contributed by atoms with Crippen LogP contribution in [0.2, 0.25) is 0 Å². The van der Waals surface area contributed by atoms with Gasteiger partial charge in [0.25, 0.3) is 0 Å². The average molecular weight is 188 g/mol. The molecule has 2 heterocycles. The van der Waals surface area contributed by atoms with Gasteiger partial charge in [-0.05, 0) is 31.4 Å². The van der Waals surface area contributed by atoms with Crippen LogP contribution in [-0.4, -0.2) is 9.38 Å². The van der Waals surface area contributed by atoms with Crippen LogP contribution in [0.4, 0.5) is 0 Å². The maximum atomic E-state index is 4.62. The second-order valence-electron chi connectivity index (χ2n) is 4.17. The van der Waals surface area contributed by atoms with Crippen molar-refractivity contribution in [3.8, 4) is 0 Å². The molecule has 0 aliphatic carbocycles. The van der Waals surface area contributed by atoms with Gasteiger partial charge in [0.1, 0.15) is 5.65 Å². The molecule has 0 amide bonds. The number of rotatable bonds is 2. The fourth-order valence-corrected chi connectivity index (χ4v) is 1.75. The highest BCUT2D eigenvalue weighted by Crippen LogP contribution is 2.14. The number of aryl methyl sites for hydroxylation is 1. The molecule has 0 aromatic carbocycles. The summed E-state index contributed by atoms with van der Waals surface area (Å²) in [5.41, 5.74) is 3.56. The van der Waals surface area contributed by atoms with E-state index in [4.69, 9.17) is 0 Å². The molecule has 2 rings (SSSR count). The summed E-state index contributed by atoms with van der Waals surface area (Å²) in [5.74, 6) is 0.665. The van der Waals surface area contributed by atoms with Gasteiger partial charge < -0.3 is 4.40 Å². The molecule has 2 aromatic heterocycles. The van der Waals surface area contributed by atoms with Gasteiger partial charge in [-0.25, -0.2) is 4.98 Å². The Kier molecular flexibility index (Phi) is 2.28. The van der Waals surface area contributed by atoms with E-state index in [-0.39, 0.29) is 0 Å². The molecule has 0 fully saturated rings. The van der Waals surface area contributed by atoms with Gasteiger partial charge in [0.15, 0.2) is 0 Å². The Bertz CT molecular complexity index is 441. The molecule has 2 heteroatoms. The molecule has 2 aromatic rings. The van der Waals surface area contributed by atoms with Crippen molar-refractivity contribution in [1.82, 2.24) is 9.38 Å². The van der Waals surface area contributed by atoms with Crippen molar-refractivity contribution in [1.29, 1.82) is 0 Å². The van der Waals surface area contributed by atoms with Crippen LogP contribution in [0, 0.1) is 12.8 Å². The lowest BCUT2D eigenvalue weighted by Gasteiger charge is -2.01. The maximum absolute atomic E-state index is 4.62. The van der Waals surface area contributed by atoms with E-state index < -0.39 is 0 Å². The number of aromatic nitrogens is 2. The van der Waals surface area contributed by atoms with Crippen molar-refractivity contribution in [2.45, 2.75) is 27.2 Å². The Morgan fingerprint density at radius 3 is 2.79 bits per heavy atom. The molecule has 0 atom stereocenters. The summed E-state index contributed by atoms with van der Waals surface area (Å²) < 4.78 is 2.15. The van der Waals surface area contributed by atoms with Crippen LogP contribution in [0.15, 0.2) is 24.4 Å². The zero-order valence-corrected chi connectivity index (χ0v) is 8.99. The first-order valence-corrected chi connectivity index (χ1v) is 5.11. The van der Waals surface area contributed by atoms with E-state index in [0.717, 1.165) is 12.1 Å². The van der Waals surface area contributed by atoms with Gasteiger partial charge in [0, 0.05) is 11.9 Å². The Balaban J connectivity index is 2.51. The van der Waals surface area contributed by atoms with Gasteiger partial charge >= 0.3 is 0 Å². The average Bonchev–Trinajstić information content (AvgIpc) is 2.44. The van der Waals surface area contributed by atoms with Crippen LogP contribution in [0.5, 0.6) is 0 Å². The number of fused-ring (bicyclic) bond motifs is 1. The maximum Gasteiger partial charge on any atom is 0.137 e. The largest absolute Gasteiger partial charge is 0.304 e. The summed E-state index contributed by atoms with van der Waals surface area (Å²) in [7, 11) is 0. The minimum atomic E-state index is 0.665. The van der Waals surface area contributed by atoms with Gasteiger partial charge in [-0.2, -0.15) is 0 Å². The van der Waals surface area contributed by atoms with E-state index in [9.17, 15) is 0 Å². The number of hydrogen-bond donors (Lipinski definition) is 0. The number of pyridine rings is 1. The van der Waals surface area contributed by atoms with Gasteiger partial charge in [0.05, 0.1) is 5.69 Å². The molecule has 0 bridgehead atoms. The Labute approximate surface area is 84.6 Å². The van der Waals surface area contributed by atoms with E-state index in [1.807, 2.05) is 12.1 Å². The Morgan fingerprint density at radius 1 is 1.36 bits per heavy atom. The zero-order valence-electron chi connectivity index (χ0n) is 8.99. The smallest absolute Gasteiger partial charge is 0.137 e. The fourth-order valence-electron chi connectivity index (χ4n) is 1.75. The Morgan fingerprint density at radius 2 is 2.14 bits per heavy atom. The van der Waals surface area contributed by atoms with E-state index in [0.29, 0.717) is 5.92 Å². The molecule has 0 saturated carbocycles. The van der Waals surface area contributed by atoms with Crippen molar-refractivity contribution >= 4 is 5.65 Å². The van der Waals surface area contributed by atoms with Crippen molar-refractivity contribution in [2.24, 2.45) is 5.92 Å². The number of hydrogen-bond acceptors (Lipinski definition) is 1. The van der Waals surface area contributed by atoms with Crippen LogP contribution >= 0.6 is 0 Å².